The topological polar surface area (TPSA) is 138 Å². The fourth-order valence-corrected chi connectivity index (χ4v) is 2.67. The second kappa shape index (κ2) is 6.13. The highest BCUT2D eigenvalue weighted by Gasteiger charge is 2.32. The van der Waals surface area contributed by atoms with Crippen molar-refractivity contribution in [1.29, 1.82) is 0 Å². The fraction of sp³-hybridized carbons (Fsp3) is 0.200. The zero-order valence-corrected chi connectivity index (χ0v) is 12.1. The third-order valence-corrected chi connectivity index (χ3v) is 3.82. The largest absolute Gasteiger partial charge is 0.507 e. The standard InChI is InChI=1S/C15H11N3O6/c19-12-4-8(16-21)5-14-9(12)6-13(20)15(24-14)7-1-2-10(17-22)11(3-7)18-23/h1-5,13,15,19-20H,6H2/t13-,15-/m1/s1. The Bertz CT molecular complexity index is 838. The van der Waals surface area contributed by atoms with Gasteiger partial charge in [-0.2, -0.15) is 0 Å². The lowest BCUT2D eigenvalue weighted by atomic mass is 9.93. The van der Waals surface area contributed by atoms with E-state index in [0.717, 1.165) is 0 Å². The number of ether oxygens (including phenoxy) is 1. The number of nitrogens with zero attached hydrogens (tertiary/aromatic N) is 3. The monoisotopic (exact) mass is 329 g/mol. The van der Waals surface area contributed by atoms with E-state index in [0.29, 0.717) is 11.1 Å². The fourth-order valence-electron chi connectivity index (χ4n) is 2.67. The highest BCUT2D eigenvalue weighted by atomic mass is 16.5. The van der Waals surface area contributed by atoms with E-state index in [-0.39, 0.29) is 35.0 Å². The Kier molecular flexibility index (Phi) is 4.00. The van der Waals surface area contributed by atoms with E-state index in [1.807, 2.05) is 0 Å². The van der Waals surface area contributed by atoms with Crippen molar-refractivity contribution in [3.05, 3.63) is 56.2 Å². The van der Waals surface area contributed by atoms with Crippen LogP contribution in [0.3, 0.4) is 0 Å². The van der Waals surface area contributed by atoms with Crippen LogP contribution in [-0.2, 0) is 6.42 Å². The van der Waals surface area contributed by atoms with Gasteiger partial charge < -0.3 is 14.9 Å². The number of rotatable bonds is 4. The van der Waals surface area contributed by atoms with Crippen LogP contribution in [0.4, 0.5) is 17.1 Å². The van der Waals surface area contributed by atoms with Crippen molar-refractivity contribution < 1.29 is 14.9 Å². The van der Waals surface area contributed by atoms with Crippen LogP contribution >= 0.6 is 0 Å². The molecule has 9 nitrogen and oxygen atoms in total. The zero-order valence-electron chi connectivity index (χ0n) is 12.1. The average Bonchev–Trinajstić information content (AvgIpc) is 2.61. The van der Waals surface area contributed by atoms with E-state index < -0.39 is 12.2 Å². The maximum atomic E-state index is 10.8. The van der Waals surface area contributed by atoms with E-state index in [1.54, 1.807) is 0 Å². The van der Waals surface area contributed by atoms with Crippen LogP contribution in [0.25, 0.3) is 0 Å². The highest BCUT2D eigenvalue weighted by molar-refractivity contribution is 5.63. The molecule has 2 atom stereocenters. The molecular weight excluding hydrogens is 318 g/mol. The Balaban J connectivity index is 2.02. The summed E-state index contributed by atoms with van der Waals surface area (Å²) in [7, 11) is 0. The minimum absolute atomic E-state index is 0.0165. The predicted molar refractivity (Wildman–Crippen MR) is 84.0 cm³/mol. The number of phenols is 1. The van der Waals surface area contributed by atoms with E-state index in [9.17, 15) is 24.9 Å². The van der Waals surface area contributed by atoms with Gasteiger partial charge in [-0.05, 0) is 33.2 Å². The summed E-state index contributed by atoms with van der Waals surface area (Å²) in [6.07, 6.45) is -1.82. The van der Waals surface area contributed by atoms with Crippen LogP contribution in [0.1, 0.15) is 17.2 Å². The van der Waals surface area contributed by atoms with Gasteiger partial charge in [-0.1, -0.05) is 6.07 Å². The van der Waals surface area contributed by atoms with Gasteiger partial charge in [0.05, 0.1) is 6.10 Å². The van der Waals surface area contributed by atoms with Crippen molar-refractivity contribution in [3.63, 3.8) is 0 Å². The summed E-state index contributed by atoms with van der Waals surface area (Å²) in [4.78, 5) is 32.1. The van der Waals surface area contributed by atoms with Crippen LogP contribution in [-0.4, -0.2) is 16.3 Å². The van der Waals surface area contributed by atoms with E-state index in [1.165, 1.54) is 30.3 Å². The van der Waals surface area contributed by atoms with Crippen LogP contribution < -0.4 is 4.74 Å². The minimum atomic E-state index is -1.02. The zero-order chi connectivity index (χ0) is 17.3. The third-order valence-electron chi connectivity index (χ3n) is 3.82. The molecule has 1 heterocycles. The summed E-state index contributed by atoms with van der Waals surface area (Å²) in [5.74, 6) is 0.00783. The maximum absolute atomic E-state index is 10.8. The first-order chi connectivity index (χ1) is 11.6. The molecule has 9 heteroatoms. The Labute approximate surface area is 134 Å². The Morgan fingerprint density at radius 3 is 2.42 bits per heavy atom. The normalized spacial score (nSPS) is 19.0. The van der Waals surface area contributed by atoms with E-state index >= 15 is 0 Å². The molecule has 2 N–H and O–H groups in total. The van der Waals surface area contributed by atoms with Gasteiger partial charge in [0.1, 0.15) is 34.7 Å². The van der Waals surface area contributed by atoms with Crippen molar-refractivity contribution in [2.45, 2.75) is 18.6 Å². The summed E-state index contributed by atoms with van der Waals surface area (Å²) in [5, 5.41) is 28.4. The molecule has 1 aliphatic rings. The summed E-state index contributed by atoms with van der Waals surface area (Å²) in [6, 6.07) is 6.60. The van der Waals surface area contributed by atoms with Gasteiger partial charge in [0.15, 0.2) is 0 Å². The molecule has 3 rings (SSSR count). The first kappa shape index (κ1) is 15.7. The highest BCUT2D eigenvalue weighted by Crippen LogP contribution is 2.43. The number of aliphatic hydroxyl groups is 1. The molecule has 0 aliphatic carbocycles. The summed E-state index contributed by atoms with van der Waals surface area (Å²) in [5.41, 5.74) is 0.446. The summed E-state index contributed by atoms with van der Waals surface area (Å²) in [6.45, 7) is 0. The van der Waals surface area contributed by atoms with Crippen LogP contribution in [0, 0.1) is 14.7 Å². The third kappa shape index (κ3) is 2.61. The molecule has 0 saturated carbocycles. The second-order valence-corrected chi connectivity index (χ2v) is 5.27. The quantitative estimate of drug-likeness (QED) is 0.821. The molecule has 0 aromatic heterocycles. The van der Waals surface area contributed by atoms with Crippen molar-refractivity contribution in [2.24, 2.45) is 15.5 Å². The first-order valence-electron chi connectivity index (χ1n) is 6.92. The Morgan fingerprint density at radius 2 is 1.75 bits per heavy atom. The van der Waals surface area contributed by atoms with Crippen molar-refractivity contribution in [2.75, 3.05) is 0 Å². The summed E-state index contributed by atoms with van der Waals surface area (Å²) < 4.78 is 5.67. The molecule has 0 radical (unpaired) electrons. The van der Waals surface area contributed by atoms with Gasteiger partial charge in [-0.3, -0.25) is 0 Å². The molecule has 1 aliphatic heterocycles. The molecular formula is C15H11N3O6. The number of hydrogen-bond acceptors (Lipinski definition) is 9. The first-order valence-corrected chi connectivity index (χ1v) is 6.92. The molecule has 24 heavy (non-hydrogen) atoms. The number of fused-ring (bicyclic) bond motifs is 1. The van der Waals surface area contributed by atoms with E-state index in [2.05, 4.69) is 15.5 Å². The average molecular weight is 329 g/mol. The van der Waals surface area contributed by atoms with Crippen LogP contribution in [0.2, 0.25) is 0 Å². The molecule has 2 aromatic carbocycles. The second-order valence-electron chi connectivity index (χ2n) is 5.27. The Morgan fingerprint density at radius 1 is 1.00 bits per heavy atom. The van der Waals surface area contributed by atoms with Gasteiger partial charge in [-0.15, -0.1) is 14.7 Å². The lowest BCUT2D eigenvalue weighted by Gasteiger charge is -2.31. The molecule has 122 valence electrons. The van der Waals surface area contributed by atoms with Gasteiger partial charge in [0.2, 0.25) is 0 Å². The lowest BCUT2D eigenvalue weighted by Crippen LogP contribution is -2.30. The van der Waals surface area contributed by atoms with E-state index in [4.69, 9.17) is 4.74 Å². The van der Waals surface area contributed by atoms with Crippen molar-refractivity contribution >= 4 is 17.1 Å². The van der Waals surface area contributed by atoms with Gasteiger partial charge >= 0.3 is 0 Å². The lowest BCUT2D eigenvalue weighted by molar-refractivity contribution is 0.0201. The maximum Gasteiger partial charge on any atom is 0.150 e. The number of nitroso groups, excluding NO2 is 3. The molecule has 0 fully saturated rings. The number of benzene rings is 2. The molecule has 0 spiro atoms. The number of hydrogen-bond donors (Lipinski definition) is 2. The molecule has 0 bridgehead atoms. The van der Waals surface area contributed by atoms with Gasteiger partial charge in [0, 0.05) is 24.1 Å². The molecule has 0 saturated heterocycles. The van der Waals surface area contributed by atoms with Gasteiger partial charge in [0.25, 0.3) is 0 Å². The number of aliphatic hydroxyl groups excluding tert-OH is 1. The SMILES string of the molecule is O=Nc1cc(O)c2c(c1)O[C@H](c1ccc(N=O)c(N=O)c1)[C@H](O)C2. The molecule has 0 amide bonds. The Hall–Kier alpha value is -3.20. The molecule has 2 aromatic rings. The number of phenolic OH excluding ortho intramolecular Hbond substituents is 1. The number of aromatic hydroxyl groups is 1. The van der Waals surface area contributed by atoms with Crippen molar-refractivity contribution in [1.82, 2.24) is 0 Å². The van der Waals surface area contributed by atoms with Crippen molar-refractivity contribution in [3.8, 4) is 11.5 Å². The van der Waals surface area contributed by atoms with Crippen LogP contribution in [0.5, 0.6) is 11.5 Å². The summed E-state index contributed by atoms with van der Waals surface area (Å²) >= 11 is 0. The minimum Gasteiger partial charge on any atom is -0.507 e. The predicted octanol–water partition coefficient (Wildman–Crippen LogP) is 3.62. The van der Waals surface area contributed by atoms with Crippen LogP contribution in [0.15, 0.2) is 45.9 Å². The molecule has 0 unspecified atom stereocenters. The van der Waals surface area contributed by atoms with Gasteiger partial charge in [-0.25, -0.2) is 0 Å². The smallest absolute Gasteiger partial charge is 0.150 e.